The van der Waals surface area contributed by atoms with E-state index in [2.05, 4.69) is 15.4 Å². The molecule has 0 aromatic heterocycles. The van der Waals surface area contributed by atoms with E-state index in [1.165, 1.54) is 19.2 Å². The van der Waals surface area contributed by atoms with E-state index in [9.17, 15) is 14.4 Å². The van der Waals surface area contributed by atoms with Crippen LogP contribution in [-0.2, 0) is 9.53 Å². The summed E-state index contributed by atoms with van der Waals surface area (Å²) >= 11 is 0. The van der Waals surface area contributed by atoms with Gasteiger partial charge in [0, 0.05) is 12.1 Å². The lowest BCUT2D eigenvalue weighted by Gasteiger charge is -2.19. The molecular formula is C19H20N2O5. The summed E-state index contributed by atoms with van der Waals surface area (Å²) in [7, 11) is 1.30. The zero-order chi connectivity index (χ0) is 18.9. The summed E-state index contributed by atoms with van der Waals surface area (Å²) in [4.78, 5) is 35.6. The summed E-state index contributed by atoms with van der Waals surface area (Å²) < 4.78 is 10.4. The number of ether oxygens (including phenoxy) is 2. The van der Waals surface area contributed by atoms with Crippen molar-refractivity contribution in [3.63, 3.8) is 0 Å². The van der Waals surface area contributed by atoms with Gasteiger partial charge >= 0.3 is 12.0 Å². The maximum Gasteiger partial charge on any atom is 0.337 e. The van der Waals surface area contributed by atoms with Crippen molar-refractivity contribution in [2.45, 2.75) is 13.0 Å². The highest BCUT2D eigenvalue weighted by atomic mass is 16.5. The van der Waals surface area contributed by atoms with Gasteiger partial charge in [-0.1, -0.05) is 30.3 Å². The van der Waals surface area contributed by atoms with Gasteiger partial charge in [0.25, 0.3) is 5.91 Å². The second-order valence-corrected chi connectivity index (χ2v) is 5.27. The van der Waals surface area contributed by atoms with Crippen molar-refractivity contribution in [2.24, 2.45) is 0 Å². The van der Waals surface area contributed by atoms with E-state index in [1.807, 2.05) is 6.07 Å². The van der Waals surface area contributed by atoms with Gasteiger partial charge in [0.2, 0.25) is 6.10 Å². The summed E-state index contributed by atoms with van der Waals surface area (Å²) in [6.45, 7) is 2.14. The molecule has 0 radical (unpaired) electrons. The minimum absolute atomic E-state index is 0.364. The Morgan fingerprint density at radius 1 is 1.00 bits per heavy atom. The molecule has 7 heteroatoms. The molecule has 0 aliphatic heterocycles. The summed E-state index contributed by atoms with van der Waals surface area (Å²) in [5.74, 6) is -0.693. The van der Waals surface area contributed by atoms with Crippen LogP contribution in [0, 0.1) is 0 Å². The lowest BCUT2D eigenvalue weighted by molar-refractivity contribution is -0.127. The quantitative estimate of drug-likeness (QED) is 0.776. The molecule has 0 unspecified atom stereocenters. The number of amides is 3. The Labute approximate surface area is 151 Å². The largest absolute Gasteiger partial charge is 0.476 e. The third-order valence-electron chi connectivity index (χ3n) is 3.44. The number of carbonyl (C=O) groups excluding carboxylic acids is 3. The minimum atomic E-state index is -1.03. The summed E-state index contributed by atoms with van der Waals surface area (Å²) in [5, 5.41) is 4.75. The average Bonchev–Trinajstić information content (AvgIpc) is 2.66. The maximum absolute atomic E-state index is 12.5. The molecule has 2 aromatic rings. The van der Waals surface area contributed by atoms with Gasteiger partial charge in [-0.3, -0.25) is 10.1 Å². The Morgan fingerprint density at radius 3 is 2.23 bits per heavy atom. The number of imide groups is 1. The van der Waals surface area contributed by atoms with Gasteiger partial charge in [0.1, 0.15) is 5.75 Å². The number of benzene rings is 2. The van der Waals surface area contributed by atoms with Crippen molar-refractivity contribution in [3.05, 3.63) is 65.7 Å². The number of hydrogen-bond acceptors (Lipinski definition) is 5. The molecule has 0 aliphatic rings. The van der Waals surface area contributed by atoms with E-state index in [0.717, 1.165) is 0 Å². The molecule has 136 valence electrons. The van der Waals surface area contributed by atoms with Crippen LogP contribution in [0.1, 0.15) is 28.9 Å². The van der Waals surface area contributed by atoms with Crippen molar-refractivity contribution in [1.82, 2.24) is 10.6 Å². The molecule has 0 spiro atoms. The molecule has 3 amide bonds. The Hall–Kier alpha value is -3.35. The fourth-order valence-corrected chi connectivity index (χ4v) is 2.21. The number of esters is 1. The first-order chi connectivity index (χ1) is 12.5. The Bertz CT molecular complexity index is 759. The zero-order valence-corrected chi connectivity index (χ0v) is 14.5. The zero-order valence-electron chi connectivity index (χ0n) is 14.5. The van der Waals surface area contributed by atoms with Gasteiger partial charge in [-0.25, -0.2) is 9.59 Å². The van der Waals surface area contributed by atoms with Crippen molar-refractivity contribution in [1.29, 1.82) is 0 Å². The SMILES string of the molecule is CCNC(=O)NC(=O)[C@@H](Oc1ccc(C(=O)OC)cc1)c1ccccc1. The Balaban J connectivity index is 2.20. The van der Waals surface area contributed by atoms with Crippen molar-refractivity contribution >= 4 is 17.9 Å². The maximum atomic E-state index is 12.5. The molecule has 7 nitrogen and oxygen atoms in total. The van der Waals surface area contributed by atoms with Crippen LogP contribution in [0.15, 0.2) is 54.6 Å². The minimum Gasteiger partial charge on any atom is -0.476 e. The van der Waals surface area contributed by atoms with Crippen molar-refractivity contribution < 1.29 is 23.9 Å². The van der Waals surface area contributed by atoms with E-state index < -0.39 is 24.0 Å². The standard InChI is InChI=1S/C19H20N2O5/c1-3-20-19(24)21-17(22)16(13-7-5-4-6-8-13)26-15-11-9-14(10-12-15)18(23)25-2/h4-12,16H,3H2,1-2H3,(H2,20,21,22,24)/t16-/m0/s1. The first-order valence-corrected chi connectivity index (χ1v) is 8.03. The molecule has 1 atom stereocenters. The van der Waals surface area contributed by atoms with Gasteiger partial charge < -0.3 is 14.8 Å². The second-order valence-electron chi connectivity index (χ2n) is 5.27. The summed E-state index contributed by atoms with van der Waals surface area (Å²) in [6, 6.07) is 14.4. The van der Waals surface area contributed by atoms with Crippen LogP contribution >= 0.6 is 0 Å². The van der Waals surface area contributed by atoms with Crippen LogP contribution in [-0.4, -0.2) is 31.6 Å². The highest BCUT2D eigenvalue weighted by molar-refractivity contribution is 5.97. The molecule has 0 bridgehead atoms. The third-order valence-corrected chi connectivity index (χ3v) is 3.44. The molecule has 2 rings (SSSR count). The lowest BCUT2D eigenvalue weighted by atomic mass is 10.1. The van der Waals surface area contributed by atoms with Gasteiger partial charge in [-0.05, 0) is 31.2 Å². The number of rotatable bonds is 6. The fraction of sp³-hybridized carbons (Fsp3) is 0.211. The monoisotopic (exact) mass is 356 g/mol. The molecule has 0 fully saturated rings. The summed E-state index contributed by atoms with van der Waals surface area (Å²) in [5.41, 5.74) is 0.953. The Morgan fingerprint density at radius 2 is 1.65 bits per heavy atom. The predicted octanol–water partition coefficient (Wildman–Crippen LogP) is 2.44. The number of carbonyl (C=O) groups is 3. The molecule has 2 aromatic carbocycles. The number of methoxy groups -OCH3 is 1. The third kappa shape index (κ3) is 5.07. The van der Waals surface area contributed by atoms with Crippen LogP contribution < -0.4 is 15.4 Å². The van der Waals surface area contributed by atoms with Crippen LogP contribution in [0.4, 0.5) is 4.79 Å². The smallest absolute Gasteiger partial charge is 0.337 e. The van der Waals surface area contributed by atoms with Crippen molar-refractivity contribution in [2.75, 3.05) is 13.7 Å². The Kier molecular flexibility index (Phi) is 6.73. The van der Waals surface area contributed by atoms with E-state index in [-0.39, 0.29) is 0 Å². The first kappa shape index (κ1) is 19.0. The normalized spacial score (nSPS) is 11.2. The van der Waals surface area contributed by atoms with Crippen LogP contribution in [0.25, 0.3) is 0 Å². The van der Waals surface area contributed by atoms with Crippen molar-refractivity contribution in [3.8, 4) is 5.75 Å². The van der Waals surface area contributed by atoms with Crippen LogP contribution in [0.5, 0.6) is 5.75 Å². The predicted molar refractivity (Wildman–Crippen MR) is 94.8 cm³/mol. The lowest BCUT2D eigenvalue weighted by Crippen LogP contribution is -2.42. The molecule has 0 saturated carbocycles. The first-order valence-electron chi connectivity index (χ1n) is 8.03. The summed E-state index contributed by atoms with van der Waals surface area (Å²) in [6.07, 6.45) is -1.03. The molecule has 26 heavy (non-hydrogen) atoms. The molecule has 0 saturated heterocycles. The number of hydrogen-bond donors (Lipinski definition) is 2. The molecule has 0 aliphatic carbocycles. The van der Waals surface area contributed by atoms with E-state index in [0.29, 0.717) is 23.4 Å². The van der Waals surface area contributed by atoms with E-state index >= 15 is 0 Å². The average molecular weight is 356 g/mol. The van der Waals surface area contributed by atoms with Gasteiger partial charge in [0.05, 0.1) is 12.7 Å². The van der Waals surface area contributed by atoms with Crippen LogP contribution in [0.3, 0.4) is 0 Å². The highest BCUT2D eigenvalue weighted by Gasteiger charge is 2.24. The topological polar surface area (TPSA) is 93.7 Å². The molecule has 0 heterocycles. The van der Waals surface area contributed by atoms with Gasteiger partial charge in [-0.2, -0.15) is 0 Å². The van der Waals surface area contributed by atoms with E-state index in [1.54, 1.807) is 43.3 Å². The fourth-order valence-electron chi connectivity index (χ4n) is 2.21. The van der Waals surface area contributed by atoms with Gasteiger partial charge in [-0.15, -0.1) is 0 Å². The second kappa shape index (κ2) is 9.22. The van der Waals surface area contributed by atoms with Gasteiger partial charge in [0.15, 0.2) is 0 Å². The molecular weight excluding hydrogens is 336 g/mol. The van der Waals surface area contributed by atoms with Crippen LogP contribution in [0.2, 0.25) is 0 Å². The van der Waals surface area contributed by atoms with E-state index in [4.69, 9.17) is 4.74 Å². The highest BCUT2D eigenvalue weighted by Crippen LogP contribution is 2.23. The number of nitrogens with one attached hydrogen (secondary N) is 2. The molecule has 2 N–H and O–H groups in total. The number of urea groups is 1.